The number of benzene rings is 3. The fourth-order valence-electron chi connectivity index (χ4n) is 3.91. The fourth-order valence-corrected chi connectivity index (χ4v) is 3.91. The summed E-state index contributed by atoms with van der Waals surface area (Å²) in [6.07, 6.45) is 2.85. The van der Waals surface area contributed by atoms with Crippen LogP contribution >= 0.6 is 0 Å². The van der Waals surface area contributed by atoms with Gasteiger partial charge in [0.15, 0.2) is 11.9 Å². The quantitative estimate of drug-likeness (QED) is 0.594. The number of carbonyl (C=O) groups is 1. The topological polar surface area (TPSA) is 26.3 Å². The highest BCUT2D eigenvalue weighted by molar-refractivity contribution is 5.86. The van der Waals surface area contributed by atoms with Gasteiger partial charge in [-0.15, -0.1) is 0 Å². The van der Waals surface area contributed by atoms with Crippen LogP contribution in [0.4, 0.5) is 0 Å². The molecule has 0 radical (unpaired) electrons. The van der Waals surface area contributed by atoms with Crippen LogP contribution in [0.25, 0.3) is 10.8 Å². The van der Waals surface area contributed by atoms with Crippen molar-refractivity contribution in [1.82, 2.24) is 0 Å². The van der Waals surface area contributed by atoms with Crippen LogP contribution in [0.3, 0.4) is 0 Å². The molecule has 0 unspecified atom stereocenters. The van der Waals surface area contributed by atoms with Gasteiger partial charge >= 0.3 is 0 Å². The van der Waals surface area contributed by atoms with Gasteiger partial charge in [-0.3, -0.25) is 4.79 Å². The van der Waals surface area contributed by atoms with Crippen LogP contribution in [-0.2, 0) is 11.2 Å². The maximum absolute atomic E-state index is 12.7. The van der Waals surface area contributed by atoms with Gasteiger partial charge in [0, 0.05) is 6.42 Å². The molecular formula is C24H24O2. The second kappa shape index (κ2) is 7.33. The smallest absolute Gasteiger partial charge is 0.173 e. The van der Waals surface area contributed by atoms with Crippen molar-refractivity contribution in [3.8, 4) is 5.75 Å². The molecule has 0 amide bonds. The Kier molecular flexibility index (Phi) is 4.75. The van der Waals surface area contributed by atoms with Crippen LogP contribution in [-0.4, -0.2) is 11.9 Å². The molecule has 1 aliphatic heterocycles. The Balaban J connectivity index is 1.41. The molecule has 4 rings (SSSR count). The summed E-state index contributed by atoms with van der Waals surface area (Å²) in [6.45, 7) is 2.21. The number of hydrogen-bond donors (Lipinski definition) is 0. The van der Waals surface area contributed by atoms with Crippen molar-refractivity contribution in [2.75, 3.05) is 0 Å². The first-order chi connectivity index (χ1) is 12.7. The number of aryl methyl sites for hydroxylation is 1. The molecule has 0 fully saturated rings. The second-order valence-electron chi connectivity index (χ2n) is 7.23. The Morgan fingerprint density at radius 1 is 1.04 bits per heavy atom. The van der Waals surface area contributed by atoms with Crippen LogP contribution in [0, 0.1) is 0 Å². The summed E-state index contributed by atoms with van der Waals surface area (Å²) in [5.41, 5.74) is 2.53. The third kappa shape index (κ3) is 3.37. The van der Waals surface area contributed by atoms with Crippen molar-refractivity contribution in [2.45, 2.75) is 44.6 Å². The van der Waals surface area contributed by atoms with Crippen LogP contribution in [0.1, 0.15) is 43.2 Å². The summed E-state index contributed by atoms with van der Waals surface area (Å²) in [6, 6.07) is 22.9. The SMILES string of the molecule is C[C@@H](CCC(=O)[C@H]1CCc2ccccc2O1)c1cccc2ccccc12. The van der Waals surface area contributed by atoms with Gasteiger partial charge in [-0.1, -0.05) is 67.6 Å². The van der Waals surface area contributed by atoms with E-state index in [1.54, 1.807) is 0 Å². The fraction of sp³-hybridized carbons (Fsp3) is 0.292. The van der Waals surface area contributed by atoms with Gasteiger partial charge < -0.3 is 4.74 Å². The maximum atomic E-state index is 12.7. The third-order valence-electron chi connectivity index (χ3n) is 5.45. The van der Waals surface area contributed by atoms with Crippen molar-refractivity contribution >= 4 is 16.6 Å². The average molecular weight is 344 g/mol. The van der Waals surface area contributed by atoms with Crippen molar-refractivity contribution in [3.05, 3.63) is 77.9 Å². The standard InChI is InChI=1S/C24H24O2/c1-17(20-11-6-9-18-7-2-4-10-21(18)20)13-15-22(25)24-16-14-19-8-3-5-12-23(19)26-24/h2-12,17,24H,13-16H2,1H3/t17-,24+/m0/s1. The molecule has 0 saturated heterocycles. The third-order valence-corrected chi connectivity index (χ3v) is 5.45. The van der Waals surface area contributed by atoms with Gasteiger partial charge in [0.2, 0.25) is 0 Å². The van der Waals surface area contributed by atoms with Gasteiger partial charge in [-0.25, -0.2) is 0 Å². The molecule has 1 heterocycles. The van der Waals surface area contributed by atoms with Crippen LogP contribution in [0.2, 0.25) is 0 Å². The van der Waals surface area contributed by atoms with E-state index >= 15 is 0 Å². The Labute approximate surface area is 154 Å². The Bertz CT molecular complexity index is 923. The normalized spacial score (nSPS) is 17.3. The molecule has 2 heteroatoms. The number of ether oxygens (including phenoxy) is 1. The predicted molar refractivity (Wildman–Crippen MR) is 106 cm³/mol. The average Bonchev–Trinajstić information content (AvgIpc) is 2.71. The molecule has 0 saturated carbocycles. The Hall–Kier alpha value is -2.61. The van der Waals surface area contributed by atoms with E-state index in [0.717, 1.165) is 25.0 Å². The largest absolute Gasteiger partial charge is 0.482 e. The highest BCUT2D eigenvalue weighted by Crippen LogP contribution is 2.31. The first-order valence-corrected chi connectivity index (χ1v) is 9.47. The molecule has 3 aromatic rings. The molecule has 132 valence electrons. The molecule has 0 aliphatic carbocycles. The molecule has 0 N–H and O–H groups in total. The van der Waals surface area contributed by atoms with Gasteiger partial charge in [0.05, 0.1) is 0 Å². The summed E-state index contributed by atoms with van der Waals surface area (Å²) < 4.78 is 5.95. The molecule has 1 aliphatic rings. The minimum atomic E-state index is -0.287. The highest BCUT2D eigenvalue weighted by atomic mass is 16.5. The summed E-state index contributed by atoms with van der Waals surface area (Å²) in [5.74, 6) is 1.45. The Morgan fingerprint density at radius 3 is 2.73 bits per heavy atom. The number of hydrogen-bond acceptors (Lipinski definition) is 2. The summed E-state index contributed by atoms with van der Waals surface area (Å²) >= 11 is 0. The Morgan fingerprint density at radius 2 is 1.81 bits per heavy atom. The minimum Gasteiger partial charge on any atom is -0.482 e. The molecule has 0 spiro atoms. The molecule has 0 aromatic heterocycles. The molecule has 0 bridgehead atoms. The first kappa shape index (κ1) is 16.8. The van der Waals surface area contributed by atoms with Crippen LogP contribution in [0.5, 0.6) is 5.75 Å². The van der Waals surface area contributed by atoms with E-state index in [9.17, 15) is 4.79 Å². The lowest BCUT2D eigenvalue weighted by molar-refractivity contribution is -0.126. The molecule has 26 heavy (non-hydrogen) atoms. The summed E-state index contributed by atoms with van der Waals surface area (Å²) in [5, 5.41) is 2.55. The van der Waals surface area contributed by atoms with E-state index in [-0.39, 0.29) is 11.9 Å². The maximum Gasteiger partial charge on any atom is 0.173 e. The van der Waals surface area contributed by atoms with Gasteiger partial charge in [-0.05, 0) is 53.1 Å². The number of carbonyl (C=O) groups excluding carboxylic acids is 1. The van der Waals surface area contributed by atoms with Gasteiger partial charge in [0.25, 0.3) is 0 Å². The molecule has 2 atom stereocenters. The zero-order valence-corrected chi connectivity index (χ0v) is 15.2. The van der Waals surface area contributed by atoms with Crippen molar-refractivity contribution in [2.24, 2.45) is 0 Å². The van der Waals surface area contributed by atoms with E-state index in [0.29, 0.717) is 12.3 Å². The zero-order chi connectivity index (χ0) is 17.9. The van der Waals surface area contributed by atoms with E-state index < -0.39 is 0 Å². The highest BCUT2D eigenvalue weighted by Gasteiger charge is 2.26. The lowest BCUT2D eigenvalue weighted by Gasteiger charge is -2.25. The molecule has 2 nitrogen and oxygen atoms in total. The number of Topliss-reactive ketones (excluding diaryl/α,β-unsaturated/α-hetero) is 1. The summed E-state index contributed by atoms with van der Waals surface area (Å²) in [4.78, 5) is 12.7. The van der Waals surface area contributed by atoms with E-state index in [1.165, 1.54) is 21.9 Å². The lowest BCUT2D eigenvalue weighted by Crippen LogP contribution is -2.31. The van der Waals surface area contributed by atoms with Crippen molar-refractivity contribution in [1.29, 1.82) is 0 Å². The van der Waals surface area contributed by atoms with Gasteiger partial charge in [-0.2, -0.15) is 0 Å². The van der Waals surface area contributed by atoms with Gasteiger partial charge in [0.1, 0.15) is 5.75 Å². The van der Waals surface area contributed by atoms with Crippen molar-refractivity contribution in [3.63, 3.8) is 0 Å². The van der Waals surface area contributed by atoms with E-state index in [2.05, 4.69) is 55.5 Å². The second-order valence-corrected chi connectivity index (χ2v) is 7.23. The minimum absolute atomic E-state index is 0.228. The van der Waals surface area contributed by atoms with E-state index in [4.69, 9.17) is 4.74 Å². The molecular weight excluding hydrogens is 320 g/mol. The number of fused-ring (bicyclic) bond motifs is 2. The number of rotatable bonds is 5. The lowest BCUT2D eigenvalue weighted by atomic mass is 9.89. The number of para-hydroxylation sites is 1. The zero-order valence-electron chi connectivity index (χ0n) is 15.2. The predicted octanol–water partition coefficient (Wildman–Crippen LogP) is 5.69. The number of ketones is 1. The summed E-state index contributed by atoms with van der Waals surface area (Å²) in [7, 11) is 0. The monoisotopic (exact) mass is 344 g/mol. The van der Waals surface area contributed by atoms with Crippen molar-refractivity contribution < 1.29 is 9.53 Å². The first-order valence-electron chi connectivity index (χ1n) is 9.47. The van der Waals surface area contributed by atoms with Crippen LogP contribution in [0.15, 0.2) is 66.7 Å². The van der Waals surface area contributed by atoms with E-state index in [1.807, 2.05) is 18.2 Å². The van der Waals surface area contributed by atoms with Crippen LogP contribution < -0.4 is 4.74 Å². The molecule has 3 aromatic carbocycles.